The monoisotopic (exact) mass is 470 g/mol. The third-order valence-corrected chi connectivity index (χ3v) is 8.59. The molecule has 3 heteroatoms. The topological polar surface area (TPSA) is 34.1 Å². The minimum Gasteiger partial charge on any atom is -0.218 e. The van der Waals surface area contributed by atoms with E-state index in [0.717, 1.165) is 22.3 Å². The van der Waals surface area contributed by atoms with Gasteiger partial charge in [-0.25, -0.2) is 8.42 Å². The van der Waals surface area contributed by atoms with Crippen LogP contribution in [0, 0.1) is 13.8 Å². The fourth-order valence-electron chi connectivity index (χ4n) is 4.34. The van der Waals surface area contributed by atoms with Crippen LogP contribution in [0.2, 0.25) is 0 Å². The molecule has 0 N–H and O–H groups in total. The summed E-state index contributed by atoms with van der Waals surface area (Å²) in [4.78, 5) is 0.945. The molecule has 2 nitrogen and oxygen atoms in total. The van der Waals surface area contributed by atoms with Crippen molar-refractivity contribution in [3.05, 3.63) is 57.6 Å². The molecule has 0 aliphatic heterocycles. The summed E-state index contributed by atoms with van der Waals surface area (Å²) < 4.78 is 29.1. The molecule has 0 unspecified atom stereocenters. The van der Waals surface area contributed by atoms with Gasteiger partial charge in [-0.1, -0.05) is 107 Å². The van der Waals surface area contributed by atoms with Gasteiger partial charge in [0.15, 0.2) is 0 Å². The highest BCUT2D eigenvalue weighted by molar-refractivity contribution is 7.91. The molecular weight excluding hydrogens is 424 g/mol. The molecule has 0 amide bonds. The fourth-order valence-corrected chi connectivity index (χ4v) is 6.82. The van der Waals surface area contributed by atoms with Crippen molar-refractivity contribution in [3.63, 3.8) is 0 Å². The Kier molecular flexibility index (Phi) is 6.91. The average Bonchev–Trinajstić information content (AvgIpc) is 2.56. The first-order chi connectivity index (χ1) is 14.5. The molecule has 0 radical (unpaired) electrons. The van der Waals surface area contributed by atoms with Crippen molar-refractivity contribution in [2.75, 3.05) is 0 Å². The van der Waals surface area contributed by atoms with Crippen molar-refractivity contribution in [1.29, 1.82) is 0 Å². The summed E-state index contributed by atoms with van der Waals surface area (Å²) in [5.74, 6) is 0. The highest BCUT2D eigenvalue weighted by Gasteiger charge is 2.36. The number of hydrogen-bond donors (Lipinski definition) is 0. The molecule has 0 saturated carbocycles. The smallest absolute Gasteiger partial charge is 0.207 e. The van der Waals surface area contributed by atoms with Crippen LogP contribution < -0.4 is 0 Å². The van der Waals surface area contributed by atoms with Crippen LogP contribution in [-0.4, -0.2) is 8.42 Å². The lowest BCUT2D eigenvalue weighted by Gasteiger charge is -2.32. The number of rotatable bonds is 2. The maximum absolute atomic E-state index is 14.5. The molecule has 0 spiro atoms. The van der Waals surface area contributed by atoms with Gasteiger partial charge >= 0.3 is 0 Å². The molecule has 2 rings (SSSR count). The first-order valence-corrected chi connectivity index (χ1v) is 13.5. The highest BCUT2D eigenvalue weighted by atomic mass is 32.2. The Labute approximate surface area is 204 Å². The first-order valence-electron chi connectivity index (χ1n) is 12.1. The third kappa shape index (κ3) is 5.56. The molecule has 0 fully saturated rings. The summed E-state index contributed by atoms with van der Waals surface area (Å²) in [5.41, 5.74) is 5.03. The molecule has 33 heavy (non-hydrogen) atoms. The van der Waals surface area contributed by atoms with Gasteiger partial charge in [0.1, 0.15) is 0 Å². The predicted octanol–water partition coefficient (Wildman–Crippen LogP) is 8.33. The molecule has 184 valence electrons. The molecular formula is C30H46O2S. The van der Waals surface area contributed by atoms with Gasteiger partial charge in [0, 0.05) is 0 Å². The van der Waals surface area contributed by atoms with Gasteiger partial charge in [0.2, 0.25) is 9.84 Å². The van der Waals surface area contributed by atoms with E-state index in [1.54, 1.807) is 0 Å². The van der Waals surface area contributed by atoms with E-state index in [0.29, 0.717) is 9.79 Å². The molecule has 0 atom stereocenters. The number of sulfone groups is 1. The third-order valence-electron chi connectivity index (χ3n) is 6.43. The summed E-state index contributed by atoms with van der Waals surface area (Å²) in [7, 11) is -3.75. The molecule has 2 aromatic rings. The van der Waals surface area contributed by atoms with E-state index in [2.05, 4.69) is 107 Å². The summed E-state index contributed by atoms with van der Waals surface area (Å²) in [6, 6.07) is 8.38. The van der Waals surface area contributed by atoms with Crippen LogP contribution >= 0.6 is 0 Å². The summed E-state index contributed by atoms with van der Waals surface area (Å²) >= 11 is 0. The summed E-state index contributed by atoms with van der Waals surface area (Å²) in [6.07, 6.45) is 0. The highest BCUT2D eigenvalue weighted by Crippen LogP contribution is 2.43. The molecule has 0 bridgehead atoms. The van der Waals surface area contributed by atoms with Crippen molar-refractivity contribution in [2.45, 2.75) is 128 Å². The van der Waals surface area contributed by atoms with Crippen LogP contribution in [0.3, 0.4) is 0 Å². The number of benzene rings is 2. The zero-order chi connectivity index (χ0) is 25.9. The van der Waals surface area contributed by atoms with Gasteiger partial charge in [-0.15, -0.1) is 0 Å². The Hall–Kier alpha value is -1.61. The quantitative estimate of drug-likeness (QED) is 0.442. The van der Waals surface area contributed by atoms with Crippen LogP contribution in [0.25, 0.3) is 0 Å². The second-order valence-electron chi connectivity index (χ2n) is 13.8. The van der Waals surface area contributed by atoms with Crippen molar-refractivity contribution >= 4 is 9.84 Å². The minimum absolute atomic E-state index is 0.0616. The average molecular weight is 471 g/mol. The first kappa shape index (κ1) is 27.6. The second-order valence-corrected chi connectivity index (χ2v) is 15.7. The molecule has 0 heterocycles. The minimum atomic E-state index is -3.75. The van der Waals surface area contributed by atoms with Crippen molar-refractivity contribution in [3.8, 4) is 0 Å². The van der Waals surface area contributed by atoms with E-state index in [1.807, 2.05) is 13.8 Å². The van der Waals surface area contributed by atoms with Gasteiger partial charge in [-0.2, -0.15) is 0 Å². The standard InChI is InChI=1S/C30H46O2S/c1-19-15-21(27(3,4)5)17-23(29(9,10)11)25(19)33(31,32)26-20(2)16-22(28(6,7)8)18-24(26)30(12,13)14/h15-18H,1-14H3. The lowest BCUT2D eigenvalue weighted by atomic mass is 9.79. The van der Waals surface area contributed by atoms with Crippen LogP contribution in [0.15, 0.2) is 34.1 Å². The van der Waals surface area contributed by atoms with Crippen LogP contribution in [0.1, 0.15) is 116 Å². The van der Waals surface area contributed by atoms with Gasteiger partial charge < -0.3 is 0 Å². The zero-order valence-corrected chi connectivity index (χ0v) is 24.4. The normalized spacial score (nSPS) is 14.0. The van der Waals surface area contributed by atoms with Crippen molar-refractivity contribution < 1.29 is 8.42 Å². The van der Waals surface area contributed by atoms with Crippen LogP contribution in [0.5, 0.6) is 0 Å². The van der Waals surface area contributed by atoms with Crippen molar-refractivity contribution in [1.82, 2.24) is 0 Å². The van der Waals surface area contributed by atoms with Gasteiger partial charge in [-0.05, 0) is 68.9 Å². The van der Waals surface area contributed by atoms with E-state index in [-0.39, 0.29) is 21.7 Å². The van der Waals surface area contributed by atoms with E-state index < -0.39 is 9.84 Å². The summed E-state index contributed by atoms with van der Waals surface area (Å²) in [5, 5.41) is 0. The van der Waals surface area contributed by atoms with Gasteiger partial charge in [0.05, 0.1) is 9.79 Å². The lowest BCUT2D eigenvalue weighted by Crippen LogP contribution is -2.25. The predicted molar refractivity (Wildman–Crippen MR) is 143 cm³/mol. The lowest BCUT2D eigenvalue weighted by molar-refractivity contribution is 0.538. The maximum Gasteiger partial charge on any atom is 0.207 e. The molecule has 2 aromatic carbocycles. The molecule has 0 saturated heterocycles. The molecule has 0 aliphatic rings. The van der Waals surface area contributed by atoms with Crippen molar-refractivity contribution in [2.24, 2.45) is 0 Å². The molecule has 0 aromatic heterocycles. The largest absolute Gasteiger partial charge is 0.218 e. The van der Waals surface area contributed by atoms with Crippen LogP contribution in [-0.2, 0) is 31.5 Å². The second kappa shape index (κ2) is 8.26. The molecule has 0 aliphatic carbocycles. The maximum atomic E-state index is 14.5. The Morgan fingerprint density at radius 1 is 0.485 bits per heavy atom. The van der Waals surface area contributed by atoms with Gasteiger partial charge in [0.25, 0.3) is 0 Å². The fraction of sp³-hybridized carbons (Fsp3) is 0.600. The van der Waals surface area contributed by atoms with Crippen LogP contribution in [0.4, 0.5) is 0 Å². The van der Waals surface area contributed by atoms with Gasteiger partial charge in [-0.3, -0.25) is 0 Å². The van der Waals surface area contributed by atoms with E-state index >= 15 is 0 Å². The van der Waals surface area contributed by atoms with E-state index in [1.165, 1.54) is 11.1 Å². The van der Waals surface area contributed by atoms with E-state index in [4.69, 9.17) is 0 Å². The number of hydrogen-bond acceptors (Lipinski definition) is 2. The summed E-state index contributed by atoms with van der Waals surface area (Å²) in [6.45, 7) is 29.6. The number of aryl methyl sites for hydroxylation is 2. The SMILES string of the molecule is Cc1cc(C(C)(C)C)cc(C(C)(C)C)c1S(=O)(=O)c1c(C)cc(C(C)(C)C)cc1C(C)(C)C. The van der Waals surface area contributed by atoms with E-state index in [9.17, 15) is 8.42 Å². The Morgan fingerprint density at radius 2 is 0.758 bits per heavy atom. The Balaban J connectivity index is 3.05. The zero-order valence-electron chi connectivity index (χ0n) is 23.5. The Morgan fingerprint density at radius 3 is 0.970 bits per heavy atom. The Bertz CT molecular complexity index is 1070.